The van der Waals surface area contributed by atoms with Crippen molar-refractivity contribution in [1.29, 1.82) is 0 Å². The summed E-state index contributed by atoms with van der Waals surface area (Å²) in [4.78, 5) is 9.22. The highest BCUT2D eigenvalue weighted by molar-refractivity contribution is 7.41. The zero-order valence-corrected chi connectivity index (χ0v) is 9.35. The van der Waals surface area contributed by atoms with Crippen molar-refractivity contribution >= 4 is 14.1 Å². The van der Waals surface area contributed by atoms with Crippen LogP contribution in [-0.4, -0.2) is 4.89 Å². The fraction of sp³-hybridized carbons (Fsp3) is 0.0769. The first-order valence-electron chi connectivity index (χ1n) is 4.92. The minimum Gasteiger partial charge on any atom is -0.372 e. The number of hydrogen-bond acceptors (Lipinski definition) is 1. The van der Waals surface area contributed by atoms with Gasteiger partial charge in [0.25, 0.3) is 0 Å². The van der Waals surface area contributed by atoms with Crippen LogP contribution in [0.15, 0.2) is 54.6 Å². The van der Waals surface area contributed by atoms with E-state index in [1.165, 1.54) is 11.1 Å². The monoisotopic (exact) mass is 216 g/mol. The lowest BCUT2D eigenvalue weighted by molar-refractivity contribution is 0.654. The molecule has 2 rings (SSSR count). The zero-order chi connectivity index (χ0) is 10.5. The van der Waals surface area contributed by atoms with Crippen LogP contribution >= 0.6 is 8.81 Å². The van der Waals surface area contributed by atoms with Gasteiger partial charge in [-0.2, -0.15) is 0 Å². The fourth-order valence-corrected chi connectivity index (χ4v) is 2.09. The van der Waals surface area contributed by atoms with Gasteiger partial charge in [0.1, 0.15) is 0 Å². The standard InChI is InChI=1S/C13H13OP/c14-15-13-9-5-4-8-12(13)10-11-6-2-1-3-7-11/h1-9,14-15H,10H2. The number of benzene rings is 2. The molecule has 0 aliphatic carbocycles. The van der Waals surface area contributed by atoms with Crippen LogP contribution in [0.2, 0.25) is 0 Å². The molecule has 15 heavy (non-hydrogen) atoms. The molecule has 0 aromatic heterocycles. The van der Waals surface area contributed by atoms with Gasteiger partial charge in [0.15, 0.2) is 0 Å². The van der Waals surface area contributed by atoms with Gasteiger partial charge >= 0.3 is 0 Å². The van der Waals surface area contributed by atoms with Crippen LogP contribution < -0.4 is 5.30 Å². The van der Waals surface area contributed by atoms with Crippen LogP contribution in [0.4, 0.5) is 0 Å². The van der Waals surface area contributed by atoms with Crippen molar-refractivity contribution in [3.05, 3.63) is 65.7 Å². The molecule has 2 aromatic rings. The average Bonchev–Trinajstić information content (AvgIpc) is 2.31. The van der Waals surface area contributed by atoms with Crippen molar-refractivity contribution in [3.63, 3.8) is 0 Å². The summed E-state index contributed by atoms with van der Waals surface area (Å²) in [5, 5.41) is 1.04. The molecule has 0 heterocycles. The first-order chi connectivity index (χ1) is 7.40. The quantitative estimate of drug-likeness (QED) is 0.781. The average molecular weight is 216 g/mol. The molecular formula is C13H13OP. The van der Waals surface area contributed by atoms with Gasteiger partial charge in [-0.3, -0.25) is 0 Å². The van der Waals surface area contributed by atoms with Crippen molar-refractivity contribution in [3.8, 4) is 0 Å². The molecule has 0 saturated heterocycles. The van der Waals surface area contributed by atoms with Crippen LogP contribution in [0.5, 0.6) is 0 Å². The molecule has 2 aromatic carbocycles. The highest BCUT2D eigenvalue weighted by atomic mass is 31.1. The Morgan fingerprint density at radius 1 is 0.867 bits per heavy atom. The second-order valence-electron chi connectivity index (χ2n) is 3.43. The summed E-state index contributed by atoms with van der Waals surface area (Å²) in [5.74, 6) is 0. The normalized spacial score (nSPS) is 11.0. The third-order valence-corrected chi connectivity index (χ3v) is 3.10. The predicted octanol–water partition coefficient (Wildman–Crippen LogP) is 2.49. The van der Waals surface area contributed by atoms with E-state index in [-0.39, 0.29) is 8.81 Å². The molecule has 1 atom stereocenters. The van der Waals surface area contributed by atoms with E-state index in [0.29, 0.717) is 0 Å². The molecule has 2 heteroatoms. The molecule has 1 nitrogen and oxygen atoms in total. The first-order valence-corrected chi connectivity index (χ1v) is 5.87. The topological polar surface area (TPSA) is 20.2 Å². The number of rotatable bonds is 3. The molecule has 1 N–H and O–H groups in total. The largest absolute Gasteiger partial charge is 0.372 e. The van der Waals surface area contributed by atoms with Crippen molar-refractivity contribution < 1.29 is 4.89 Å². The summed E-state index contributed by atoms with van der Waals surface area (Å²) >= 11 is 0. The van der Waals surface area contributed by atoms with E-state index in [1.807, 2.05) is 36.4 Å². The Kier molecular flexibility index (Phi) is 3.49. The lowest BCUT2D eigenvalue weighted by Crippen LogP contribution is -2.03. The number of hydrogen-bond donors (Lipinski definition) is 1. The van der Waals surface area contributed by atoms with Crippen LogP contribution in [0, 0.1) is 0 Å². The molecule has 0 spiro atoms. The minimum atomic E-state index is -0.119. The summed E-state index contributed by atoms with van der Waals surface area (Å²) in [6, 6.07) is 18.4. The van der Waals surface area contributed by atoms with E-state index in [0.717, 1.165) is 11.7 Å². The van der Waals surface area contributed by atoms with E-state index in [2.05, 4.69) is 18.2 Å². The SMILES string of the molecule is OPc1ccccc1Cc1ccccc1. The van der Waals surface area contributed by atoms with Gasteiger partial charge in [-0.05, 0) is 17.5 Å². The van der Waals surface area contributed by atoms with Crippen molar-refractivity contribution in [1.82, 2.24) is 0 Å². The Morgan fingerprint density at radius 2 is 1.53 bits per heavy atom. The molecule has 0 saturated carbocycles. The zero-order valence-electron chi connectivity index (χ0n) is 8.35. The Morgan fingerprint density at radius 3 is 2.27 bits per heavy atom. The summed E-state index contributed by atoms with van der Waals surface area (Å²) in [5.41, 5.74) is 2.49. The van der Waals surface area contributed by atoms with Crippen molar-refractivity contribution in [2.45, 2.75) is 6.42 Å². The smallest absolute Gasteiger partial charge is 0.0422 e. The van der Waals surface area contributed by atoms with Gasteiger partial charge in [0.05, 0.1) is 0 Å². The third-order valence-electron chi connectivity index (χ3n) is 2.38. The minimum absolute atomic E-state index is 0.119. The highest BCUT2D eigenvalue weighted by Gasteiger charge is 2.01. The van der Waals surface area contributed by atoms with Gasteiger partial charge in [-0.1, -0.05) is 54.6 Å². The Labute approximate surface area is 91.6 Å². The highest BCUT2D eigenvalue weighted by Crippen LogP contribution is 2.13. The van der Waals surface area contributed by atoms with Crippen molar-refractivity contribution in [2.24, 2.45) is 0 Å². The van der Waals surface area contributed by atoms with E-state index in [9.17, 15) is 4.89 Å². The lowest BCUT2D eigenvalue weighted by Gasteiger charge is -2.06. The van der Waals surface area contributed by atoms with Crippen molar-refractivity contribution in [2.75, 3.05) is 0 Å². The second kappa shape index (κ2) is 5.06. The van der Waals surface area contributed by atoms with Gasteiger partial charge < -0.3 is 4.89 Å². The Balaban J connectivity index is 2.24. The molecule has 0 aliphatic heterocycles. The molecular weight excluding hydrogens is 203 g/mol. The van der Waals surface area contributed by atoms with Crippen LogP contribution in [-0.2, 0) is 6.42 Å². The van der Waals surface area contributed by atoms with Gasteiger partial charge in [-0.15, -0.1) is 0 Å². The summed E-state index contributed by atoms with van der Waals surface area (Å²) in [7, 11) is -0.119. The van der Waals surface area contributed by atoms with Crippen LogP contribution in [0.1, 0.15) is 11.1 Å². The predicted molar refractivity (Wildman–Crippen MR) is 65.9 cm³/mol. The molecule has 1 unspecified atom stereocenters. The molecule has 0 amide bonds. The first kappa shape index (κ1) is 10.4. The van der Waals surface area contributed by atoms with E-state index < -0.39 is 0 Å². The Hall–Kier alpha value is -1.17. The molecule has 76 valence electrons. The third kappa shape index (κ3) is 2.65. The summed E-state index contributed by atoms with van der Waals surface area (Å²) in [6.45, 7) is 0. The fourth-order valence-electron chi connectivity index (χ4n) is 1.60. The van der Waals surface area contributed by atoms with Gasteiger partial charge in [0.2, 0.25) is 0 Å². The molecule has 0 aliphatic rings. The molecule has 0 bridgehead atoms. The summed E-state index contributed by atoms with van der Waals surface area (Å²) in [6.07, 6.45) is 0.893. The van der Waals surface area contributed by atoms with Gasteiger partial charge in [0, 0.05) is 14.1 Å². The van der Waals surface area contributed by atoms with Crippen LogP contribution in [0.3, 0.4) is 0 Å². The maximum Gasteiger partial charge on any atom is 0.0422 e. The van der Waals surface area contributed by atoms with E-state index in [4.69, 9.17) is 0 Å². The molecule has 0 radical (unpaired) electrons. The van der Waals surface area contributed by atoms with Gasteiger partial charge in [-0.25, -0.2) is 0 Å². The Bertz CT molecular complexity index is 426. The molecule has 0 fully saturated rings. The van der Waals surface area contributed by atoms with E-state index in [1.54, 1.807) is 0 Å². The lowest BCUT2D eigenvalue weighted by atomic mass is 10.1. The maximum atomic E-state index is 9.22. The van der Waals surface area contributed by atoms with E-state index >= 15 is 0 Å². The second-order valence-corrected chi connectivity index (χ2v) is 4.19. The maximum absolute atomic E-state index is 9.22. The summed E-state index contributed by atoms with van der Waals surface area (Å²) < 4.78 is 0. The van der Waals surface area contributed by atoms with Crippen LogP contribution in [0.25, 0.3) is 0 Å².